The molecule has 0 unspecified atom stereocenters. The van der Waals surface area contributed by atoms with Gasteiger partial charge in [0.2, 0.25) is 0 Å². The van der Waals surface area contributed by atoms with Gasteiger partial charge in [0.25, 0.3) is 10.0 Å². The highest BCUT2D eigenvalue weighted by Crippen LogP contribution is 2.17. The van der Waals surface area contributed by atoms with Gasteiger partial charge < -0.3 is 10.6 Å². The largest absolute Gasteiger partial charge is 0.338 e. The SMILES string of the molecule is CCCCNC(=O)Nc1ccc(S(=O)(=O)Nc2ccc(Cl)nn2)cc1. The van der Waals surface area contributed by atoms with Crippen molar-refractivity contribution in [3.05, 3.63) is 41.6 Å². The lowest BCUT2D eigenvalue weighted by molar-refractivity contribution is 0.252. The lowest BCUT2D eigenvalue weighted by Gasteiger charge is -2.09. The van der Waals surface area contributed by atoms with Crippen LogP contribution in [-0.4, -0.2) is 31.2 Å². The number of rotatable bonds is 7. The van der Waals surface area contributed by atoms with Crippen molar-refractivity contribution in [3.8, 4) is 0 Å². The minimum absolute atomic E-state index is 0.0289. The van der Waals surface area contributed by atoms with Gasteiger partial charge >= 0.3 is 6.03 Å². The molecule has 0 aliphatic heterocycles. The lowest BCUT2D eigenvalue weighted by Crippen LogP contribution is -2.29. The van der Waals surface area contributed by atoms with E-state index < -0.39 is 10.0 Å². The smallest absolute Gasteiger partial charge is 0.319 e. The number of carbonyl (C=O) groups excluding carboxylic acids is 1. The van der Waals surface area contributed by atoms with Crippen molar-refractivity contribution < 1.29 is 13.2 Å². The van der Waals surface area contributed by atoms with Crippen LogP contribution in [0.2, 0.25) is 5.15 Å². The van der Waals surface area contributed by atoms with Crippen LogP contribution in [0.1, 0.15) is 19.8 Å². The molecule has 0 saturated carbocycles. The molecule has 1 aromatic carbocycles. The Kier molecular flexibility index (Phi) is 6.54. The van der Waals surface area contributed by atoms with Crippen LogP contribution < -0.4 is 15.4 Å². The summed E-state index contributed by atoms with van der Waals surface area (Å²) in [6, 6.07) is 8.27. The van der Waals surface area contributed by atoms with Crippen molar-refractivity contribution in [1.82, 2.24) is 15.5 Å². The molecule has 1 heterocycles. The maximum absolute atomic E-state index is 12.3. The zero-order valence-corrected chi connectivity index (χ0v) is 15.1. The second-order valence-corrected chi connectivity index (χ2v) is 7.18. The summed E-state index contributed by atoms with van der Waals surface area (Å²) in [6.07, 6.45) is 1.88. The quantitative estimate of drug-likeness (QED) is 0.636. The number of unbranched alkanes of at least 4 members (excludes halogenated alkanes) is 1. The van der Waals surface area contributed by atoms with Crippen LogP contribution in [0.4, 0.5) is 16.3 Å². The van der Waals surface area contributed by atoms with E-state index in [1.165, 1.54) is 36.4 Å². The van der Waals surface area contributed by atoms with Gasteiger partial charge in [-0.3, -0.25) is 4.72 Å². The van der Waals surface area contributed by atoms with Crippen LogP contribution in [0.3, 0.4) is 0 Å². The van der Waals surface area contributed by atoms with Crippen LogP contribution in [0, 0.1) is 0 Å². The first kappa shape index (κ1) is 18.9. The molecule has 8 nitrogen and oxygen atoms in total. The molecule has 134 valence electrons. The van der Waals surface area contributed by atoms with E-state index in [0.717, 1.165) is 12.8 Å². The fraction of sp³-hybridized carbons (Fsp3) is 0.267. The number of aromatic nitrogens is 2. The molecule has 0 aliphatic rings. The minimum Gasteiger partial charge on any atom is -0.338 e. The van der Waals surface area contributed by atoms with E-state index >= 15 is 0 Å². The fourth-order valence-corrected chi connectivity index (χ4v) is 2.94. The zero-order chi connectivity index (χ0) is 18.3. The number of hydrogen-bond donors (Lipinski definition) is 3. The van der Waals surface area contributed by atoms with E-state index in [0.29, 0.717) is 12.2 Å². The van der Waals surface area contributed by atoms with Gasteiger partial charge in [-0.25, -0.2) is 13.2 Å². The van der Waals surface area contributed by atoms with Crippen LogP contribution in [-0.2, 0) is 10.0 Å². The molecule has 2 amide bonds. The van der Waals surface area contributed by atoms with E-state index in [1.807, 2.05) is 6.92 Å². The molecule has 2 rings (SSSR count). The molecule has 0 spiro atoms. The van der Waals surface area contributed by atoms with Crippen molar-refractivity contribution in [2.75, 3.05) is 16.6 Å². The number of urea groups is 1. The molecule has 2 aromatic rings. The molecular weight excluding hydrogens is 366 g/mol. The Morgan fingerprint density at radius 2 is 1.84 bits per heavy atom. The first-order valence-corrected chi connectivity index (χ1v) is 9.44. The third-order valence-corrected chi connectivity index (χ3v) is 4.68. The molecule has 0 bridgehead atoms. The van der Waals surface area contributed by atoms with Crippen molar-refractivity contribution in [3.63, 3.8) is 0 Å². The first-order chi connectivity index (χ1) is 11.9. The fourth-order valence-electron chi connectivity index (χ4n) is 1.84. The van der Waals surface area contributed by atoms with E-state index in [1.54, 1.807) is 0 Å². The normalized spacial score (nSPS) is 11.0. The summed E-state index contributed by atoms with van der Waals surface area (Å²) in [7, 11) is -3.81. The molecule has 25 heavy (non-hydrogen) atoms. The van der Waals surface area contributed by atoms with Gasteiger partial charge in [-0.1, -0.05) is 24.9 Å². The average Bonchev–Trinajstić information content (AvgIpc) is 2.57. The zero-order valence-electron chi connectivity index (χ0n) is 13.5. The maximum atomic E-state index is 12.3. The average molecular weight is 384 g/mol. The monoisotopic (exact) mass is 383 g/mol. The van der Waals surface area contributed by atoms with Crippen LogP contribution in [0.5, 0.6) is 0 Å². The molecular formula is C15H18ClN5O3S. The standard InChI is InChI=1S/C15H18ClN5O3S/c1-2-3-10-17-15(22)18-11-4-6-12(7-5-11)25(23,24)21-14-9-8-13(16)19-20-14/h4-9H,2-3,10H2,1H3,(H,20,21)(H2,17,18,22). The van der Waals surface area contributed by atoms with Gasteiger partial charge in [-0.15, -0.1) is 10.2 Å². The Bertz CT molecular complexity index is 810. The van der Waals surface area contributed by atoms with Gasteiger partial charge in [0.05, 0.1) is 4.90 Å². The van der Waals surface area contributed by atoms with Gasteiger partial charge in [0.15, 0.2) is 11.0 Å². The molecule has 0 radical (unpaired) electrons. The van der Waals surface area contributed by atoms with E-state index in [-0.39, 0.29) is 21.9 Å². The summed E-state index contributed by atoms with van der Waals surface area (Å²) < 4.78 is 26.9. The van der Waals surface area contributed by atoms with Crippen molar-refractivity contribution >= 4 is 39.2 Å². The topological polar surface area (TPSA) is 113 Å². The Morgan fingerprint density at radius 1 is 1.12 bits per heavy atom. The molecule has 1 aromatic heterocycles. The van der Waals surface area contributed by atoms with Crippen molar-refractivity contribution in [2.24, 2.45) is 0 Å². The Labute approximate surface area is 151 Å². The van der Waals surface area contributed by atoms with E-state index in [4.69, 9.17) is 11.6 Å². The number of halogens is 1. The van der Waals surface area contributed by atoms with Gasteiger partial charge in [0.1, 0.15) is 0 Å². The first-order valence-electron chi connectivity index (χ1n) is 7.57. The number of nitrogens with one attached hydrogen (secondary N) is 3. The van der Waals surface area contributed by atoms with Crippen LogP contribution in [0.25, 0.3) is 0 Å². The molecule has 0 saturated heterocycles. The molecule has 10 heteroatoms. The summed E-state index contributed by atoms with van der Waals surface area (Å²) in [5, 5.41) is 12.7. The highest BCUT2D eigenvalue weighted by molar-refractivity contribution is 7.92. The highest BCUT2D eigenvalue weighted by Gasteiger charge is 2.15. The summed E-state index contributed by atoms with van der Waals surface area (Å²) >= 11 is 5.61. The van der Waals surface area contributed by atoms with Crippen molar-refractivity contribution in [2.45, 2.75) is 24.7 Å². The predicted octanol–water partition coefficient (Wildman–Crippen LogP) is 2.85. The third-order valence-electron chi connectivity index (χ3n) is 3.11. The number of hydrogen-bond acceptors (Lipinski definition) is 5. The number of sulfonamides is 1. The third kappa shape index (κ3) is 5.87. The molecule has 0 atom stereocenters. The minimum atomic E-state index is -3.81. The van der Waals surface area contributed by atoms with Crippen LogP contribution >= 0.6 is 11.6 Å². The predicted molar refractivity (Wildman–Crippen MR) is 96.2 cm³/mol. The number of anilines is 2. The number of benzene rings is 1. The Hall–Kier alpha value is -2.39. The maximum Gasteiger partial charge on any atom is 0.319 e. The van der Waals surface area contributed by atoms with Gasteiger partial charge in [-0.2, -0.15) is 0 Å². The second kappa shape index (κ2) is 8.63. The molecule has 0 fully saturated rings. The summed E-state index contributed by atoms with van der Waals surface area (Å²) in [5.41, 5.74) is 0.485. The Balaban J connectivity index is 2.00. The number of amides is 2. The summed E-state index contributed by atoms with van der Waals surface area (Å²) in [6.45, 7) is 2.61. The Morgan fingerprint density at radius 3 is 2.44 bits per heavy atom. The van der Waals surface area contributed by atoms with E-state index in [2.05, 4.69) is 25.6 Å². The van der Waals surface area contributed by atoms with Gasteiger partial charge in [0, 0.05) is 12.2 Å². The number of nitrogens with zero attached hydrogens (tertiary/aromatic N) is 2. The summed E-state index contributed by atoms with van der Waals surface area (Å²) in [5.74, 6) is 0.0573. The molecule has 0 aliphatic carbocycles. The summed E-state index contributed by atoms with van der Waals surface area (Å²) in [4.78, 5) is 11.7. The number of carbonyl (C=O) groups is 1. The second-order valence-electron chi connectivity index (χ2n) is 5.11. The van der Waals surface area contributed by atoms with Crippen molar-refractivity contribution in [1.29, 1.82) is 0 Å². The van der Waals surface area contributed by atoms with Gasteiger partial charge in [-0.05, 0) is 42.8 Å². The van der Waals surface area contributed by atoms with E-state index in [9.17, 15) is 13.2 Å². The molecule has 3 N–H and O–H groups in total. The highest BCUT2D eigenvalue weighted by atomic mass is 35.5. The lowest BCUT2D eigenvalue weighted by atomic mass is 10.3. The van der Waals surface area contributed by atoms with Crippen LogP contribution in [0.15, 0.2) is 41.3 Å².